The van der Waals surface area contributed by atoms with Gasteiger partial charge in [0.1, 0.15) is 0 Å². The summed E-state index contributed by atoms with van der Waals surface area (Å²) in [5.41, 5.74) is 7.19. The Morgan fingerprint density at radius 3 is 2.54 bits per heavy atom. The SMILES string of the molecule is CN(C)CC(N)c1ccccc1Br. The molecule has 0 aliphatic carbocycles. The minimum atomic E-state index is 0.0746. The standard InChI is InChI=1S/C10H15BrN2/c1-13(2)7-10(12)8-5-3-4-6-9(8)11/h3-6,10H,7,12H2,1-2H3. The van der Waals surface area contributed by atoms with Crippen LogP contribution in [0.15, 0.2) is 28.7 Å². The van der Waals surface area contributed by atoms with Gasteiger partial charge >= 0.3 is 0 Å². The Labute approximate surface area is 87.9 Å². The van der Waals surface area contributed by atoms with E-state index in [4.69, 9.17) is 5.73 Å². The van der Waals surface area contributed by atoms with Crippen LogP contribution in [0.3, 0.4) is 0 Å². The number of hydrogen-bond acceptors (Lipinski definition) is 2. The van der Waals surface area contributed by atoms with Crippen LogP contribution in [0, 0.1) is 0 Å². The summed E-state index contributed by atoms with van der Waals surface area (Å²) in [5, 5.41) is 0. The third kappa shape index (κ3) is 3.10. The van der Waals surface area contributed by atoms with Gasteiger partial charge in [0.25, 0.3) is 0 Å². The van der Waals surface area contributed by atoms with E-state index in [1.165, 1.54) is 0 Å². The lowest BCUT2D eigenvalue weighted by molar-refractivity contribution is 0.376. The number of likely N-dealkylation sites (N-methyl/N-ethyl adjacent to an activating group) is 1. The summed E-state index contributed by atoms with van der Waals surface area (Å²) in [6.07, 6.45) is 0. The zero-order chi connectivity index (χ0) is 9.84. The Morgan fingerprint density at radius 2 is 2.00 bits per heavy atom. The largest absolute Gasteiger partial charge is 0.323 e. The first-order chi connectivity index (χ1) is 6.11. The van der Waals surface area contributed by atoms with Crippen molar-refractivity contribution in [1.29, 1.82) is 0 Å². The number of rotatable bonds is 3. The Morgan fingerprint density at radius 1 is 1.38 bits per heavy atom. The number of halogens is 1. The average molecular weight is 243 g/mol. The molecule has 0 aliphatic rings. The van der Waals surface area contributed by atoms with E-state index in [1.54, 1.807) is 0 Å². The zero-order valence-corrected chi connectivity index (χ0v) is 9.58. The fraction of sp³-hybridized carbons (Fsp3) is 0.400. The van der Waals surface area contributed by atoms with Crippen LogP contribution in [0.4, 0.5) is 0 Å². The van der Waals surface area contributed by atoms with Crippen LogP contribution < -0.4 is 5.73 Å². The summed E-state index contributed by atoms with van der Waals surface area (Å²) in [6.45, 7) is 0.864. The van der Waals surface area contributed by atoms with Crippen molar-refractivity contribution in [3.63, 3.8) is 0 Å². The van der Waals surface area contributed by atoms with Gasteiger partial charge in [0.2, 0.25) is 0 Å². The van der Waals surface area contributed by atoms with Gasteiger partial charge in [-0.25, -0.2) is 0 Å². The number of hydrogen-bond donors (Lipinski definition) is 1. The maximum absolute atomic E-state index is 6.03. The molecule has 0 amide bonds. The Hall–Kier alpha value is -0.380. The van der Waals surface area contributed by atoms with Crippen molar-refractivity contribution in [2.24, 2.45) is 5.73 Å². The van der Waals surface area contributed by atoms with Gasteiger partial charge in [0.05, 0.1) is 0 Å². The average Bonchev–Trinajstić information content (AvgIpc) is 2.03. The molecule has 0 radical (unpaired) electrons. The minimum absolute atomic E-state index is 0.0746. The molecule has 72 valence electrons. The van der Waals surface area contributed by atoms with E-state index < -0.39 is 0 Å². The molecule has 0 aliphatic heterocycles. The summed E-state index contributed by atoms with van der Waals surface area (Å²) < 4.78 is 1.09. The monoisotopic (exact) mass is 242 g/mol. The maximum atomic E-state index is 6.03. The second kappa shape index (κ2) is 4.74. The number of nitrogens with two attached hydrogens (primary N) is 1. The molecule has 0 heterocycles. The molecule has 0 fully saturated rings. The molecule has 1 unspecified atom stereocenters. The van der Waals surface area contributed by atoms with Gasteiger partial charge in [0, 0.05) is 17.1 Å². The third-order valence-corrected chi connectivity index (χ3v) is 2.59. The molecular formula is C10H15BrN2. The zero-order valence-electron chi connectivity index (χ0n) is 8.00. The van der Waals surface area contributed by atoms with Crippen molar-refractivity contribution in [3.8, 4) is 0 Å². The molecule has 0 saturated carbocycles. The van der Waals surface area contributed by atoms with E-state index in [9.17, 15) is 0 Å². The molecule has 1 rings (SSSR count). The van der Waals surface area contributed by atoms with Crippen molar-refractivity contribution >= 4 is 15.9 Å². The van der Waals surface area contributed by atoms with Crippen LogP contribution in [0.1, 0.15) is 11.6 Å². The summed E-state index contributed by atoms with van der Waals surface area (Å²) in [5.74, 6) is 0. The molecular weight excluding hydrogens is 228 g/mol. The van der Waals surface area contributed by atoms with Crippen LogP contribution in [0.5, 0.6) is 0 Å². The van der Waals surface area contributed by atoms with E-state index >= 15 is 0 Å². The fourth-order valence-electron chi connectivity index (χ4n) is 1.27. The Kier molecular flexibility index (Phi) is 3.90. The molecule has 3 heteroatoms. The molecule has 13 heavy (non-hydrogen) atoms. The lowest BCUT2D eigenvalue weighted by Crippen LogP contribution is -2.26. The summed E-state index contributed by atoms with van der Waals surface area (Å²) >= 11 is 3.49. The van der Waals surface area contributed by atoms with Crippen molar-refractivity contribution in [2.45, 2.75) is 6.04 Å². The lowest BCUT2D eigenvalue weighted by Gasteiger charge is -2.18. The molecule has 2 nitrogen and oxygen atoms in total. The van der Waals surface area contributed by atoms with Crippen molar-refractivity contribution in [2.75, 3.05) is 20.6 Å². The van der Waals surface area contributed by atoms with Crippen molar-refractivity contribution in [3.05, 3.63) is 34.3 Å². The highest BCUT2D eigenvalue weighted by atomic mass is 79.9. The van der Waals surface area contributed by atoms with E-state index in [0.29, 0.717) is 0 Å². The first kappa shape index (κ1) is 10.7. The first-order valence-corrected chi connectivity index (χ1v) is 5.05. The van der Waals surface area contributed by atoms with Gasteiger partial charge in [-0.2, -0.15) is 0 Å². The van der Waals surface area contributed by atoms with Crippen LogP contribution in [-0.2, 0) is 0 Å². The van der Waals surface area contributed by atoms with E-state index in [0.717, 1.165) is 16.6 Å². The molecule has 0 bridgehead atoms. The van der Waals surface area contributed by atoms with Crippen LogP contribution >= 0.6 is 15.9 Å². The quantitative estimate of drug-likeness (QED) is 0.879. The summed E-state index contributed by atoms with van der Waals surface area (Å²) in [4.78, 5) is 2.09. The van der Waals surface area contributed by atoms with Gasteiger partial charge in [-0.05, 0) is 25.7 Å². The molecule has 0 saturated heterocycles. The smallest absolute Gasteiger partial charge is 0.0435 e. The Bertz CT molecular complexity index is 273. The fourth-order valence-corrected chi connectivity index (χ4v) is 1.85. The van der Waals surface area contributed by atoms with Crippen LogP contribution in [0.25, 0.3) is 0 Å². The van der Waals surface area contributed by atoms with E-state index in [1.807, 2.05) is 32.3 Å². The number of nitrogens with zero attached hydrogens (tertiary/aromatic N) is 1. The van der Waals surface area contributed by atoms with Gasteiger partial charge in [-0.15, -0.1) is 0 Å². The van der Waals surface area contributed by atoms with Gasteiger partial charge in [-0.1, -0.05) is 34.1 Å². The van der Waals surface area contributed by atoms with Crippen molar-refractivity contribution < 1.29 is 0 Å². The summed E-state index contributed by atoms with van der Waals surface area (Å²) in [7, 11) is 4.05. The van der Waals surface area contributed by atoms with Crippen LogP contribution in [-0.4, -0.2) is 25.5 Å². The van der Waals surface area contributed by atoms with Gasteiger partial charge < -0.3 is 10.6 Å². The highest BCUT2D eigenvalue weighted by Crippen LogP contribution is 2.21. The number of benzene rings is 1. The summed E-state index contributed by atoms with van der Waals surface area (Å²) in [6, 6.07) is 8.15. The second-order valence-corrected chi connectivity index (χ2v) is 4.24. The third-order valence-electron chi connectivity index (χ3n) is 1.87. The highest BCUT2D eigenvalue weighted by molar-refractivity contribution is 9.10. The predicted molar refractivity (Wildman–Crippen MR) is 59.6 cm³/mol. The first-order valence-electron chi connectivity index (χ1n) is 4.26. The highest BCUT2D eigenvalue weighted by Gasteiger charge is 2.09. The van der Waals surface area contributed by atoms with Crippen LogP contribution in [0.2, 0.25) is 0 Å². The topological polar surface area (TPSA) is 29.3 Å². The van der Waals surface area contributed by atoms with E-state index in [-0.39, 0.29) is 6.04 Å². The molecule has 0 aromatic heterocycles. The minimum Gasteiger partial charge on any atom is -0.323 e. The maximum Gasteiger partial charge on any atom is 0.0435 e. The second-order valence-electron chi connectivity index (χ2n) is 3.39. The van der Waals surface area contributed by atoms with Gasteiger partial charge in [0.15, 0.2) is 0 Å². The van der Waals surface area contributed by atoms with Gasteiger partial charge in [-0.3, -0.25) is 0 Å². The normalized spacial score (nSPS) is 13.3. The predicted octanol–water partition coefficient (Wildman–Crippen LogP) is 2.01. The van der Waals surface area contributed by atoms with E-state index in [2.05, 4.69) is 26.9 Å². The Balaban J connectivity index is 2.76. The van der Waals surface area contributed by atoms with Crippen molar-refractivity contribution in [1.82, 2.24) is 4.90 Å². The molecule has 1 aromatic rings. The molecule has 1 aromatic carbocycles. The molecule has 2 N–H and O–H groups in total. The lowest BCUT2D eigenvalue weighted by atomic mass is 10.1. The molecule has 0 spiro atoms. The molecule has 1 atom stereocenters.